The standard InChI is InChI=1S/C23H30N5O5P/c1-15(2)17-4-6-18(7-5-17)33-34(30,27-16(3)12-29)31-13-19-8-11-22(32-19)20-9-10-21-23(24)25-14-26-28(20)21/h4-7,9-10,12,14-16,19,22H,8,11,13H2,1-3H3,(H,27,30)(H2,24,25,26)/t16-,19?,22?,34?/m0/s1. The number of anilines is 1. The van der Waals surface area contributed by atoms with E-state index < -0.39 is 13.8 Å². The van der Waals surface area contributed by atoms with Gasteiger partial charge in [-0.15, -0.1) is 0 Å². The number of fused-ring (bicyclic) bond motifs is 1. The molecule has 3 unspecified atom stereocenters. The van der Waals surface area contributed by atoms with E-state index in [1.54, 1.807) is 23.6 Å². The minimum atomic E-state index is -3.83. The quantitative estimate of drug-likeness (QED) is 0.321. The Kier molecular flexibility index (Phi) is 7.33. The fourth-order valence-electron chi connectivity index (χ4n) is 3.87. The minimum absolute atomic E-state index is 0.0386. The Morgan fingerprint density at radius 2 is 2.00 bits per heavy atom. The highest BCUT2D eigenvalue weighted by atomic mass is 31.2. The lowest BCUT2D eigenvalue weighted by atomic mass is 10.0. The number of rotatable bonds is 10. The highest BCUT2D eigenvalue weighted by Crippen LogP contribution is 2.46. The molecule has 0 amide bonds. The molecule has 1 aliphatic rings. The molecule has 2 aromatic heterocycles. The lowest BCUT2D eigenvalue weighted by Crippen LogP contribution is -2.29. The lowest BCUT2D eigenvalue weighted by molar-refractivity contribution is -0.109. The number of ether oxygens (including phenoxy) is 1. The van der Waals surface area contributed by atoms with Crippen LogP contribution in [0.3, 0.4) is 0 Å². The molecule has 182 valence electrons. The van der Waals surface area contributed by atoms with Crippen LogP contribution in [0.2, 0.25) is 0 Å². The van der Waals surface area contributed by atoms with Crippen LogP contribution in [0.15, 0.2) is 42.7 Å². The zero-order valence-corrected chi connectivity index (χ0v) is 20.4. The van der Waals surface area contributed by atoms with E-state index in [1.807, 2.05) is 24.3 Å². The number of nitrogens with two attached hydrogens (primary N) is 1. The van der Waals surface area contributed by atoms with Crippen molar-refractivity contribution in [3.05, 3.63) is 54.0 Å². The predicted molar refractivity (Wildman–Crippen MR) is 128 cm³/mol. The summed E-state index contributed by atoms with van der Waals surface area (Å²) in [5, 5.41) is 6.94. The Labute approximate surface area is 198 Å². The third kappa shape index (κ3) is 5.47. The van der Waals surface area contributed by atoms with E-state index in [1.165, 1.54) is 6.33 Å². The zero-order chi connectivity index (χ0) is 24.3. The normalized spacial score (nSPS) is 20.9. The van der Waals surface area contributed by atoms with Crippen molar-refractivity contribution < 1.29 is 23.1 Å². The van der Waals surface area contributed by atoms with Gasteiger partial charge in [-0.05, 0) is 55.5 Å². The first kappa shape index (κ1) is 24.3. The summed E-state index contributed by atoms with van der Waals surface area (Å²) in [6.07, 6.45) is 2.98. The molecule has 0 aliphatic carbocycles. The topological polar surface area (TPSA) is 130 Å². The largest absolute Gasteiger partial charge is 0.459 e. The number of hydrogen-bond donors (Lipinski definition) is 2. The van der Waals surface area contributed by atoms with Crippen LogP contribution >= 0.6 is 7.75 Å². The Morgan fingerprint density at radius 3 is 2.71 bits per heavy atom. The van der Waals surface area contributed by atoms with E-state index in [9.17, 15) is 9.36 Å². The Hall–Kier alpha value is -2.78. The second-order valence-corrected chi connectivity index (χ2v) is 10.4. The van der Waals surface area contributed by atoms with Gasteiger partial charge in [0.15, 0.2) is 5.82 Å². The second kappa shape index (κ2) is 10.2. The van der Waals surface area contributed by atoms with Crippen molar-refractivity contribution in [3.63, 3.8) is 0 Å². The summed E-state index contributed by atoms with van der Waals surface area (Å²) in [5.74, 6) is 1.15. The number of aldehydes is 1. The van der Waals surface area contributed by atoms with Gasteiger partial charge >= 0.3 is 7.75 Å². The molecule has 1 fully saturated rings. The van der Waals surface area contributed by atoms with Gasteiger partial charge in [0.05, 0.1) is 24.4 Å². The highest BCUT2D eigenvalue weighted by molar-refractivity contribution is 7.52. The third-order valence-corrected chi connectivity index (χ3v) is 7.38. The molecule has 1 saturated heterocycles. The van der Waals surface area contributed by atoms with Gasteiger partial charge in [0, 0.05) is 0 Å². The summed E-state index contributed by atoms with van der Waals surface area (Å²) in [7, 11) is -3.83. The number of benzene rings is 1. The first-order chi connectivity index (χ1) is 16.3. The van der Waals surface area contributed by atoms with Crippen molar-refractivity contribution in [2.75, 3.05) is 12.3 Å². The van der Waals surface area contributed by atoms with Crippen molar-refractivity contribution in [2.45, 2.75) is 57.8 Å². The smallest absolute Gasteiger partial charge is 0.413 e. The van der Waals surface area contributed by atoms with E-state index in [0.29, 0.717) is 35.7 Å². The molecule has 3 N–H and O–H groups in total. The second-order valence-electron chi connectivity index (χ2n) is 8.69. The molecule has 3 heterocycles. The number of carbonyl (C=O) groups excluding carboxylic acids is 1. The molecule has 1 aliphatic heterocycles. The summed E-state index contributed by atoms with van der Waals surface area (Å²) >= 11 is 0. The molecule has 4 rings (SSSR count). The van der Waals surface area contributed by atoms with Crippen LogP contribution in [0.25, 0.3) is 5.52 Å². The molecule has 10 nitrogen and oxygen atoms in total. The van der Waals surface area contributed by atoms with Gasteiger partial charge in [0.25, 0.3) is 0 Å². The van der Waals surface area contributed by atoms with Gasteiger partial charge in [-0.3, -0.25) is 4.52 Å². The maximum Gasteiger partial charge on any atom is 0.459 e. The van der Waals surface area contributed by atoms with E-state index in [-0.39, 0.29) is 18.8 Å². The monoisotopic (exact) mass is 487 g/mol. The molecule has 4 atom stereocenters. The Balaban J connectivity index is 1.42. The SMILES string of the molecule is CC(C)c1ccc(OP(=O)(N[C@@H](C)C=O)OCC2CCC(c3ccc4c(N)ncnn34)O2)cc1. The van der Waals surface area contributed by atoms with Crippen LogP contribution in [0.1, 0.15) is 56.9 Å². The van der Waals surface area contributed by atoms with Crippen molar-refractivity contribution in [1.29, 1.82) is 0 Å². The number of aromatic nitrogens is 3. The Morgan fingerprint density at radius 1 is 1.24 bits per heavy atom. The van der Waals surface area contributed by atoms with Crippen LogP contribution < -0.4 is 15.3 Å². The van der Waals surface area contributed by atoms with Crippen LogP contribution in [0.5, 0.6) is 5.75 Å². The number of nitrogen functional groups attached to an aromatic ring is 1. The van der Waals surface area contributed by atoms with Crippen LogP contribution in [-0.4, -0.2) is 39.6 Å². The number of hydrogen-bond acceptors (Lipinski definition) is 8. The first-order valence-corrected chi connectivity index (χ1v) is 12.8. The van der Waals surface area contributed by atoms with Gasteiger partial charge in [-0.2, -0.15) is 5.10 Å². The molecule has 0 saturated carbocycles. The van der Waals surface area contributed by atoms with Gasteiger partial charge in [-0.25, -0.2) is 19.2 Å². The summed E-state index contributed by atoms with van der Waals surface area (Å²) in [4.78, 5) is 15.2. The maximum atomic E-state index is 13.4. The maximum absolute atomic E-state index is 13.4. The van der Waals surface area contributed by atoms with Gasteiger partial charge in [0.1, 0.15) is 30.0 Å². The summed E-state index contributed by atoms with van der Waals surface area (Å²) in [6.45, 7) is 5.80. The van der Waals surface area contributed by atoms with Crippen LogP contribution in [0, 0.1) is 0 Å². The fourth-order valence-corrected chi connectivity index (χ4v) is 5.37. The number of carbonyl (C=O) groups is 1. The average molecular weight is 487 g/mol. The molecule has 34 heavy (non-hydrogen) atoms. The average Bonchev–Trinajstić information content (AvgIpc) is 3.45. The van der Waals surface area contributed by atoms with Crippen molar-refractivity contribution in [2.24, 2.45) is 0 Å². The molecule has 0 bridgehead atoms. The molecule has 1 aromatic carbocycles. The van der Waals surface area contributed by atoms with Crippen molar-refractivity contribution in [3.8, 4) is 5.75 Å². The molecule has 11 heteroatoms. The summed E-state index contributed by atoms with van der Waals surface area (Å²) in [5.41, 5.74) is 8.63. The van der Waals surface area contributed by atoms with Crippen LogP contribution in [0.4, 0.5) is 5.82 Å². The lowest BCUT2D eigenvalue weighted by Gasteiger charge is -2.23. The minimum Gasteiger partial charge on any atom is -0.413 e. The predicted octanol–water partition coefficient (Wildman–Crippen LogP) is 4.04. The molecule has 0 spiro atoms. The highest BCUT2D eigenvalue weighted by Gasteiger charge is 2.34. The fraction of sp³-hybridized carbons (Fsp3) is 0.435. The van der Waals surface area contributed by atoms with E-state index in [0.717, 1.165) is 17.7 Å². The van der Waals surface area contributed by atoms with E-state index in [4.69, 9.17) is 19.5 Å². The van der Waals surface area contributed by atoms with Crippen LogP contribution in [-0.2, 0) is 18.6 Å². The van der Waals surface area contributed by atoms with Gasteiger partial charge < -0.3 is 19.8 Å². The Bertz CT molecular complexity index is 1180. The van der Waals surface area contributed by atoms with E-state index in [2.05, 4.69) is 29.0 Å². The first-order valence-electron chi connectivity index (χ1n) is 11.3. The van der Waals surface area contributed by atoms with Crippen molar-refractivity contribution >= 4 is 25.4 Å². The number of nitrogens with zero attached hydrogens (tertiary/aromatic N) is 3. The number of nitrogens with one attached hydrogen (secondary N) is 1. The summed E-state index contributed by atoms with van der Waals surface area (Å²) in [6, 6.07) is 10.4. The molecule has 0 radical (unpaired) electrons. The summed E-state index contributed by atoms with van der Waals surface area (Å²) < 4.78 is 32.8. The van der Waals surface area contributed by atoms with E-state index >= 15 is 0 Å². The molecular weight excluding hydrogens is 457 g/mol. The molecule has 3 aromatic rings. The van der Waals surface area contributed by atoms with Gasteiger partial charge in [0.2, 0.25) is 0 Å². The molecular formula is C23H30N5O5P. The third-order valence-electron chi connectivity index (χ3n) is 5.72. The zero-order valence-electron chi connectivity index (χ0n) is 19.5. The van der Waals surface area contributed by atoms with Gasteiger partial charge in [-0.1, -0.05) is 26.0 Å². The van der Waals surface area contributed by atoms with Crippen molar-refractivity contribution in [1.82, 2.24) is 19.7 Å².